The summed E-state index contributed by atoms with van der Waals surface area (Å²) in [4.78, 5) is 11.9. The van der Waals surface area contributed by atoms with Crippen molar-refractivity contribution in [3.05, 3.63) is 35.4 Å². The number of aliphatic hydroxyl groups is 1. The Hall–Kier alpha value is -1.69. The van der Waals surface area contributed by atoms with Crippen molar-refractivity contribution in [3.8, 4) is 0 Å². The molecule has 0 saturated carbocycles. The second-order valence-electron chi connectivity index (χ2n) is 4.46. The monoisotopic (exact) mass is 257 g/mol. The molecule has 1 aromatic carbocycles. The second kappa shape index (κ2) is 4.53. The predicted molar refractivity (Wildman–Crippen MR) is 59.1 cm³/mol. The minimum atomic E-state index is -1.37. The first-order valence-corrected chi connectivity index (χ1v) is 5.57. The molecule has 2 N–H and O–H groups in total. The lowest BCUT2D eigenvalue weighted by Gasteiger charge is -2.37. The Labute approximate surface area is 102 Å². The van der Waals surface area contributed by atoms with E-state index in [0.717, 1.165) is 18.2 Å². The summed E-state index contributed by atoms with van der Waals surface area (Å²) in [7, 11) is 0. The van der Waals surface area contributed by atoms with Crippen LogP contribution in [0.4, 0.5) is 13.6 Å². The predicted octanol–water partition coefficient (Wildman–Crippen LogP) is 1.93. The van der Waals surface area contributed by atoms with Gasteiger partial charge in [-0.25, -0.2) is 13.6 Å². The van der Waals surface area contributed by atoms with Crippen molar-refractivity contribution in [2.24, 2.45) is 0 Å². The highest BCUT2D eigenvalue weighted by molar-refractivity contribution is 5.65. The maximum absolute atomic E-state index is 13.1. The Bertz CT molecular complexity index is 450. The number of amides is 1. The molecule has 4 nitrogen and oxygen atoms in total. The molecular weight excluding hydrogens is 244 g/mol. The summed E-state index contributed by atoms with van der Waals surface area (Å²) in [6.45, 7) is 0.286. The normalized spacial score (nSPS) is 18.7. The molecule has 98 valence electrons. The van der Waals surface area contributed by atoms with E-state index in [2.05, 4.69) is 0 Å². The van der Waals surface area contributed by atoms with Crippen molar-refractivity contribution in [1.29, 1.82) is 0 Å². The van der Waals surface area contributed by atoms with Crippen molar-refractivity contribution in [2.45, 2.75) is 18.4 Å². The van der Waals surface area contributed by atoms with Crippen LogP contribution in [0.2, 0.25) is 0 Å². The first-order valence-electron chi connectivity index (χ1n) is 5.57. The van der Waals surface area contributed by atoms with Crippen molar-refractivity contribution in [1.82, 2.24) is 4.90 Å². The standard InChI is InChI=1S/C12H13F2NO3/c13-9-5-8(6-10(14)7-9)12(18)1-3-15(4-2-12)11(16)17/h5-7,18H,1-4H2,(H,16,17). The lowest BCUT2D eigenvalue weighted by Crippen LogP contribution is -2.44. The fourth-order valence-corrected chi connectivity index (χ4v) is 2.18. The van der Waals surface area contributed by atoms with Gasteiger partial charge >= 0.3 is 6.09 Å². The summed E-state index contributed by atoms with van der Waals surface area (Å²) in [5.41, 5.74) is -1.21. The lowest BCUT2D eigenvalue weighted by atomic mass is 9.84. The van der Waals surface area contributed by atoms with Gasteiger partial charge in [-0.05, 0) is 30.5 Å². The molecule has 0 aliphatic carbocycles. The number of likely N-dealkylation sites (tertiary alicyclic amines) is 1. The van der Waals surface area contributed by atoms with Gasteiger partial charge in [0.15, 0.2) is 0 Å². The van der Waals surface area contributed by atoms with Crippen LogP contribution in [0.15, 0.2) is 18.2 Å². The minimum Gasteiger partial charge on any atom is -0.465 e. The summed E-state index contributed by atoms with van der Waals surface area (Å²) < 4.78 is 26.2. The Morgan fingerprint density at radius 3 is 2.11 bits per heavy atom. The number of halogens is 2. The molecule has 0 unspecified atom stereocenters. The number of nitrogens with zero attached hydrogens (tertiary/aromatic N) is 1. The summed E-state index contributed by atoms with van der Waals surface area (Å²) >= 11 is 0. The van der Waals surface area contributed by atoms with Gasteiger partial charge in [0.2, 0.25) is 0 Å². The van der Waals surface area contributed by atoms with Gasteiger partial charge in [-0.1, -0.05) is 0 Å². The molecule has 0 spiro atoms. The fourth-order valence-electron chi connectivity index (χ4n) is 2.18. The summed E-state index contributed by atoms with van der Waals surface area (Å²) in [6.07, 6.45) is -0.799. The average Bonchev–Trinajstić information content (AvgIpc) is 2.28. The van der Waals surface area contributed by atoms with E-state index in [1.165, 1.54) is 4.90 Å². The van der Waals surface area contributed by atoms with E-state index >= 15 is 0 Å². The van der Waals surface area contributed by atoms with Crippen LogP contribution in [-0.4, -0.2) is 34.3 Å². The maximum Gasteiger partial charge on any atom is 0.407 e. The molecule has 0 aromatic heterocycles. The van der Waals surface area contributed by atoms with Gasteiger partial charge in [0.25, 0.3) is 0 Å². The van der Waals surface area contributed by atoms with Gasteiger partial charge < -0.3 is 15.1 Å². The number of hydrogen-bond acceptors (Lipinski definition) is 2. The molecule has 0 atom stereocenters. The first-order chi connectivity index (χ1) is 8.40. The first kappa shape index (κ1) is 12.8. The van der Waals surface area contributed by atoms with E-state index in [1.54, 1.807) is 0 Å². The molecule has 1 heterocycles. The lowest BCUT2D eigenvalue weighted by molar-refractivity contribution is -0.0217. The molecule has 1 saturated heterocycles. The molecule has 1 fully saturated rings. The third kappa shape index (κ3) is 2.43. The molecule has 0 bridgehead atoms. The Morgan fingerprint density at radius 1 is 1.17 bits per heavy atom. The Kier molecular flexibility index (Phi) is 3.21. The zero-order chi connectivity index (χ0) is 13.3. The molecule has 1 aromatic rings. The van der Waals surface area contributed by atoms with Crippen LogP contribution in [0.25, 0.3) is 0 Å². The largest absolute Gasteiger partial charge is 0.465 e. The maximum atomic E-state index is 13.1. The van der Waals surface area contributed by atoms with Crippen molar-refractivity contribution >= 4 is 6.09 Å². The van der Waals surface area contributed by atoms with Crippen LogP contribution in [0, 0.1) is 11.6 Å². The minimum absolute atomic E-state index is 0.127. The third-order valence-corrected chi connectivity index (χ3v) is 3.26. The highest BCUT2D eigenvalue weighted by Gasteiger charge is 2.36. The van der Waals surface area contributed by atoms with Gasteiger partial charge in [0.05, 0.1) is 5.60 Å². The Morgan fingerprint density at radius 2 is 1.67 bits per heavy atom. The average molecular weight is 257 g/mol. The van der Waals surface area contributed by atoms with E-state index in [9.17, 15) is 18.7 Å². The van der Waals surface area contributed by atoms with Crippen LogP contribution in [0.5, 0.6) is 0 Å². The molecule has 1 amide bonds. The number of piperidine rings is 1. The van der Waals surface area contributed by atoms with Gasteiger partial charge in [0.1, 0.15) is 11.6 Å². The molecule has 18 heavy (non-hydrogen) atoms. The van der Waals surface area contributed by atoms with E-state index in [4.69, 9.17) is 5.11 Å². The van der Waals surface area contributed by atoms with Gasteiger partial charge in [-0.2, -0.15) is 0 Å². The summed E-state index contributed by atoms with van der Waals surface area (Å²) in [5, 5.41) is 19.1. The van der Waals surface area contributed by atoms with E-state index in [1.807, 2.05) is 0 Å². The molecule has 0 radical (unpaired) electrons. The number of rotatable bonds is 1. The number of carboxylic acid groups (broad SMARTS) is 1. The van der Waals surface area contributed by atoms with Crippen molar-refractivity contribution < 1.29 is 23.8 Å². The van der Waals surface area contributed by atoms with Crippen molar-refractivity contribution in [3.63, 3.8) is 0 Å². The van der Waals surface area contributed by atoms with Crippen LogP contribution in [0.3, 0.4) is 0 Å². The number of hydrogen-bond donors (Lipinski definition) is 2. The molecular formula is C12H13F2NO3. The van der Waals surface area contributed by atoms with Gasteiger partial charge in [-0.15, -0.1) is 0 Å². The second-order valence-corrected chi connectivity index (χ2v) is 4.46. The molecule has 1 aliphatic rings. The smallest absolute Gasteiger partial charge is 0.407 e. The van der Waals surface area contributed by atoms with Crippen LogP contribution in [0.1, 0.15) is 18.4 Å². The summed E-state index contributed by atoms with van der Waals surface area (Å²) in [6, 6.07) is 2.90. The van der Waals surface area contributed by atoms with Crippen LogP contribution < -0.4 is 0 Å². The van der Waals surface area contributed by atoms with E-state index in [0.29, 0.717) is 0 Å². The van der Waals surface area contributed by atoms with Gasteiger partial charge in [-0.3, -0.25) is 0 Å². The highest BCUT2D eigenvalue weighted by Crippen LogP contribution is 2.33. The molecule has 6 heteroatoms. The number of carbonyl (C=O) groups is 1. The fraction of sp³-hybridized carbons (Fsp3) is 0.417. The SMILES string of the molecule is O=C(O)N1CCC(O)(c2cc(F)cc(F)c2)CC1. The molecule has 2 rings (SSSR count). The highest BCUT2D eigenvalue weighted by atomic mass is 19.1. The van der Waals surface area contributed by atoms with E-state index < -0.39 is 23.3 Å². The topological polar surface area (TPSA) is 60.8 Å². The molecule has 1 aliphatic heterocycles. The Balaban J connectivity index is 2.20. The quantitative estimate of drug-likeness (QED) is 0.808. The van der Waals surface area contributed by atoms with Crippen LogP contribution >= 0.6 is 0 Å². The zero-order valence-corrected chi connectivity index (χ0v) is 9.57. The van der Waals surface area contributed by atoms with Crippen LogP contribution in [-0.2, 0) is 5.60 Å². The third-order valence-electron chi connectivity index (χ3n) is 3.26. The summed E-state index contributed by atoms with van der Waals surface area (Å²) in [5.74, 6) is -1.50. The van der Waals surface area contributed by atoms with E-state index in [-0.39, 0.29) is 31.5 Å². The van der Waals surface area contributed by atoms with Gasteiger partial charge in [0, 0.05) is 19.2 Å². The zero-order valence-electron chi connectivity index (χ0n) is 9.57. The number of benzene rings is 1. The van der Waals surface area contributed by atoms with Crippen molar-refractivity contribution in [2.75, 3.05) is 13.1 Å².